The van der Waals surface area contributed by atoms with Crippen LogP contribution >= 0.6 is 11.6 Å². The van der Waals surface area contributed by atoms with Gasteiger partial charge in [-0.15, -0.1) is 0 Å². The number of hydrogen-bond donors (Lipinski definition) is 0. The molecule has 0 atom stereocenters. The quantitative estimate of drug-likeness (QED) is 0.690. The first kappa shape index (κ1) is 19.9. The Morgan fingerprint density at radius 3 is 1.96 bits per heavy atom. The second kappa shape index (κ2) is 9.85. The predicted molar refractivity (Wildman–Crippen MR) is 93.7 cm³/mol. The van der Waals surface area contributed by atoms with Gasteiger partial charge in [0.2, 0.25) is 0 Å². The molecule has 0 aromatic heterocycles. The maximum Gasteiger partial charge on any atom is 0.255 e. The van der Waals surface area contributed by atoms with Crippen LogP contribution in [0.4, 0.5) is 4.39 Å². The van der Waals surface area contributed by atoms with E-state index in [9.17, 15) is 9.18 Å². The summed E-state index contributed by atoms with van der Waals surface area (Å²) >= 11 is 6.03. The van der Waals surface area contributed by atoms with Crippen molar-refractivity contribution in [2.45, 2.75) is 12.8 Å². The summed E-state index contributed by atoms with van der Waals surface area (Å²) in [4.78, 5) is 18.7. The van der Waals surface area contributed by atoms with Crippen molar-refractivity contribution in [3.8, 4) is 0 Å². The molecular formula is C17H27ClFN3O. The lowest BCUT2D eigenvalue weighted by atomic mass is 10.1. The van der Waals surface area contributed by atoms with E-state index in [4.69, 9.17) is 11.6 Å². The summed E-state index contributed by atoms with van der Waals surface area (Å²) in [5.74, 6) is -0.564. The molecule has 0 bridgehead atoms. The van der Waals surface area contributed by atoms with Gasteiger partial charge in [0.15, 0.2) is 0 Å². The van der Waals surface area contributed by atoms with Gasteiger partial charge in [-0.2, -0.15) is 0 Å². The zero-order valence-corrected chi connectivity index (χ0v) is 15.2. The van der Waals surface area contributed by atoms with Crippen LogP contribution in [0.2, 0.25) is 5.02 Å². The molecule has 130 valence electrons. The predicted octanol–water partition coefficient (Wildman–Crippen LogP) is 2.82. The molecule has 1 rings (SSSR count). The van der Waals surface area contributed by atoms with Crippen molar-refractivity contribution in [1.82, 2.24) is 14.7 Å². The first-order valence-electron chi connectivity index (χ1n) is 7.85. The van der Waals surface area contributed by atoms with Crippen LogP contribution in [0.15, 0.2) is 18.2 Å². The fraction of sp³-hybridized carbons (Fsp3) is 0.588. The minimum Gasteiger partial charge on any atom is -0.339 e. The van der Waals surface area contributed by atoms with Gasteiger partial charge in [0.05, 0.1) is 10.6 Å². The van der Waals surface area contributed by atoms with Crippen molar-refractivity contribution in [3.63, 3.8) is 0 Å². The molecule has 1 amide bonds. The Kier molecular flexibility index (Phi) is 8.52. The van der Waals surface area contributed by atoms with Crippen molar-refractivity contribution in [2.75, 3.05) is 54.4 Å². The number of halogens is 2. The van der Waals surface area contributed by atoms with Gasteiger partial charge in [0, 0.05) is 13.1 Å². The van der Waals surface area contributed by atoms with E-state index >= 15 is 0 Å². The lowest BCUT2D eigenvalue weighted by molar-refractivity contribution is 0.0745. The third-order valence-electron chi connectivity index (χ3n) is 3.52. The van der Waals surface area contributed by atoms with Gasteiger partial charge in [-0.05, 0) is 72.3 Å². The van der Waals surface area contributed by atoms with E-state index < -0.39 is 5.82 Å². The standard InChI is InChI=1S/C17H27ClFN3O/c1-20(2)9-5-11-22(12-6-10-21(3)4)17(23)15-8-7-14(19)13-16(15)18/h7-8,13H,5-6,9-12H2,1-4H3. The summed E-state index contributed by atoms with van der Waals surface area (Å²) in [6.45, 7) is 3.15. The molecule has 0 unspecified atom stereocenters. The topological polar surface area (TPSA) is 26.8 Å². The monoisotopic (exact) mass is 343 g/mol. The first-order chi connectivity index (χ1) is 10.8. The highest BCUT2D eigenvalue weighted by Crippen LogP contribution is 2.19. The highest BCUT2D eigenvalue weighted by molar-refractivity contribution is 6.33. The van der Waals surface area contributed by atoms with E-state index in [1.165, 1.54) is 18.2 Å². The van der Waals surface area contributed by atoms with E-state index in [2.05, 4.69) is 9.80 Å². The molecule has 0 aliphatic rings. The zero-order valence-electron chi connectivity index (χ0n) is 14.5. The largest absolute Gasteiger partial charge is 0.339 e. The fourth-order valence-corrected chi connectivity index (χ4v) is 2.55. The molecule has 4 nitrogen and oxygen atoms in total. The van der Waals surface area contributed by atoms with Crippen LogP contribution < -0.4 is 0 Å². The van der Waals surface area contributed by atoms with E-state index in [-0.39, 0.29) is 10.9 Å². The Labute approximate surface area is 143 Å². The van der Waals surface area contributed by atoms with E-state index in [1.807, 2.05) is 33.1 Å². The van der Waals surface area contributed by atoms with Crippen molar-refractivity contribution < 1.29 is 9.18 Å². The second-order valence-electron chi connectivity index (χ2n) is 6.23. The first-order valence-corrected chi connectivity index (χ1v) is 8.23. The summed E-state index contributed by atoms with van der Waals surface area (Å²) in [6.07, 6.45) is 1.78. The molecule has 6 heteroatoms. The number of carbonyl (C=O) groups excluding carboxylic acids is 1. The average molecular weight is 344 g/mol. The molecule has 23 heavy (non-hydrogen) atoms. The Morgan fingerprint density at radius 1 is 1.00 bits per heavy atom. The molecule has 0 N–H and O–H groups in total. The Hall–Kier alpha value is -1.17. The number of carbonyl (C=O) groups is 1. The van der Waals surface area contributed by atoms with Crippen LogP contribution in [0.25, 0.3) is 0 Å². The molecule has 0 spiro atoms. The van der Waals surface area contributed by atoms with E-state index in [0.717, 1.165) is 25.9 Å². The molecular weight excluding hydrogens is 317 g/mol. The van der Waals surface area contributed by atoms with Crippen LogP contribution in [0.1, 0.15) is 23.2 Å². The van der Waals surface area contributed by atoms with Crippen LogP contribution in [0.3, 0.4) is 0 Å². The Morgan fingerprint density at radius 2 is 1.52 bits per heavy atom. The number of nitrogens with zero attached hydrogens (tertiary/aromatic N) is 3. The zero-order chi connectivity index (χ0) is 17.4. The Balaban J connectivity index is 2.77. The van der Waals surface area contributed by atoms with Crippen LogP contribution in [-0.2, 0) is 0 Å². The fourth-order valence-electron chi connectivity index (χ4n) is 2.30. The summed E-state index contributed by atoms with van der Waals surface area (Å²) < 4.78 is 13.2. The maximum absolute atomic E-state index is 13.2. The molecule has 0 aliphatic carbocycles. The second-order valence-corrected chi connectivity index (χ2v) is 6.64. The van der Waals surface area contributed by atoms with E-state index in [0.29, 0.717) is 18.7 Å². The maximum atomic E-state index is 13.2. The van der Waals surface area contributed by atoms with Gasteiger partial charge >= 0.3 is 0 Å². The Bertz CT molecular complexity index is 495. The lowest BCUT2D eigenvalue weighted by Crippen LogP contribution is -2.35. The molecule has 0 heterocycles. The van der Waals surface area contributed by atoms with Gasteiger partial charge in [0.1, 0.15) is 5.82 Å². The minimum atomic E-state index is -0.432. The van der Waals surface area contributed by atoms with Crippen molar-refractivity contribution in [3.05, 3.63) is 34.6 Å². The highest BCUT2D eigenvalue weighted by Gasteiger charge is 2.18. The van der Waals surface area contributed by atoms with Gasteiger partial charge in [0.25, 0.3) is 5.91 Å². The van der Waals surface area contributed by atoms with Crippen molar-refractivity contribution >= 4 is 17.5 Å². The van der Waals surface area contributed by atoms with Gasteiger partial charge in [-0.3, -0.25) is 4.79 Å². The highest BCUT2D eigenvalue weighted by atomic mass is 35.5. The number of benzene rings is 1. The smallest absolute Gasteiger partial charge is 0.255 e. The average Bonchev–Trinajstić information content (AvgIpc) is 2.44. The van der Waals surface area contributed by atoms with Gasteiger partial charge in [-0.1, -0.05) is 11.6 Å². The summed E-state index contributed by atoms with van der Waals surface area (Å²) in [6, 6.07) is 3.93. The molecule has 0 radical (unpaired) electrons. The third kappa shape index (κ3) is 7.29. The molecule has 1 aromatic rings. The van der Waals surface area contributed by atoms with Gasteiger partial charge < -0.3 is 14.7 Å². The molecule has 0 saturated carbocycles. The molecule has 0 fully saturated rings. The van der Waals surface area contributed by atoms with E-state index in [1.54, 1.807) is 0 Å². The number of hydrogen-bond acceptors (Lipinski definition) is 3. The summed E-state index contributed by atoms with van der Waals surface area (Å²) in [5.41, 5.74) is 0.364. The summed E-state index contributed by atoms with van der Waals surface area (Å²) in [7, 11) is 8.04. The lowest BCUT2D eigenvalue weighted by Gasteiger charge is -2.25. The molecule has 0 saturated heterocycles. The van der Waals surface area contributed by atoms with Crippen molar-refractivity contribution in [2.24, 2.45) is 0 Å². The number of rotatable bonds is 9. The van der Waals surface area contributed by atoms with Crippen LogP contribution in [0, 0.1) is 5.82 Å². The minimum absolute atomic E-state index is 0.132. The molecule has 1 aromatic carbocycles. The summed E-state index contributed by atoms with van der Waals surface area (Å²) in [5, 5.41) is 0.167. The normalized spacial score (nSPS) is 11.3. The van der Waals surface area contributed by atoms with Gasteiger partial charge in [-0.25, -0.2) is 4.39 Å². The molecule has 0 aliphatic heterocycles. The van der Waals surface area contributed by atoms with Crippen molar-refractivity contribution in [1.29, 1.82) is 0 Å². The number of amides is 1. The van der Waals surface area contributed by atoms with Crippen LogP contribution in [0.5, 0.6) is 0 Å². The van der Waals surface area contributed by atoms with Crippen LogP contribution in [-0.4, -0.2) is 75.0 Å². The SMILES string of the molecule is CN(C)CCCN(CCCN(C)C)C(=O)c1ccc(F)cc1Cl. The third-order valence-corrected chi connectivity index (χ3v) is 3.83.